The van der Waals surface area contributed by atoms with Crippen LogP contribution in [0.3, 0.4) is 0 Å². The minimum Gasteiger partial charge on any atom is -0.490 e. The molecule has 2 rings (SSSR count). The van der Waals surface area contributed by atoms with Gasteiger partial charge in [-0.15, -0.1) is 0 Å². The number of aryl methyl sites for hydroxylation is 1. The maximum atomic E-state index is 12.3. The van der Waals surface area contributed by atoms with E-state index in [2.05, 4.69) is 0 Å². The van der Waals surface area contributed by atoms with Gasteiger partial charge in [0, 0.05) is 6.54 Å². The molecule has 1 atom stereocenters. The number of hydrogen-bond donors (Lipinski definition) is 0. The Morgan fingerprint density at radius 1 is 1.30 bits per heavy atom. The van der Waals surface area contributed by atoms with Crippen LogP contribution in [0.15, 0.2) is 18.2 Å². The van der Waals surface area contributed by atoms with Crippen molar-refractivity contribution in [3.8, 4) is 5.75 Å². The van der Waals surface area contributed by atoms with Crippen molar-refractivity contribution < 1.29 is 14.3 Å². The second-order valence-electron chi connectivity index (χ2n) is 5.81. The average Bonchev–Trinajstić information content (AvgIpc) is 2.51. The fraction of sp³-hybridized carbons (Fsp3) is 0.529. The zero-order chi connectivity index (χ0) is 17.0. The molecule has 0 N–H and O–H groups in total. The standard InChI is InChI=1S/C17H23ClN2O3/c1-4-7-19-11-16(21)20(13(3)17(19)22)8-9-23-15-10-12(2)5-6-14(15)18/h5-6,10,13H,4,7-9,11H2,1-3H3/t13-/m1/s1. The molecular weight excluding hydrogens is 316 g/mol. The molecule has 6 heteroatoms. The van der Waals surface area contributed by atoms with Gasteiger partial charge in [0.25, 0.3) is 0 Å². The summed E-state index contributed by atoms with van der Waals surface area (Å²) in [6.45, 7) is 7.17. The highest BCUT2D eigenvalue weighted by Crippen LogP contribution is 2.25. The minimum atomic E-state index is -0.445. The van der Waals surface area contributed by atoms with Crippen molar-refractivity contribution in [2.24, 2.45) is 0 Å². The number of nitrogens with zero attached hydrogens (tertiary/aromatic N) is 2. The molecule has 0 spiro atoms. The highest BCUT2D eigenvalue weighted by atomic mass is 35.5. The maximum Gasteiger partial charge on any atom is 0.245 e. The first kappa shape index (κ1) is 17.6. The van der Waals surface area contributed by atoms with Crippen LogP contribution in [0.1, 0.15) is 25.8 Å². The van der Waals surface area contributed by atoms with Crippen LogP contribution < -0.4 is 4.74 Å². The number of hydrogen-bond acceptors (Lipinski definition) is 3. The molecule has 0 bridgehead atoms. The summed E-state index contributed by atoms with van der Waals surface area (Å²) in [6.07, 6.45) is 0.848. The molecule has 1 aliphatic heterocycles. The first-order valence-corrected chi connectivity index (χ1v) is 8.29. The molecule has 0 aromatic heterocycles. The lowest BCUT2D eigenvalue weighted by Gasteiger charge is -2.38. The van der Waals surface area contributed by atoms with Gasteiger partial charge in [-0.05, 0) is 38.0 Å². The van der Waals surface area contributed by atoms with Gasteiger partial charge in [0.1, 0.15) is 18.4 Å². The second kappa shape index (κ2) is 7.68. The number of carbonyl (C=O) groups excluding carboxylic acids is 2. The molecule has 1 heterocycles. The Kier molecular flexibility index (Phi) is 5.88. The van der Waals surface area contributed by atoms with E-state index in [-0.39, 0.29) is 18.4 Å². The van der Waals surface area contributed by atoms with Crippen LogP contribution in [0.5, 0.6) is 5.75 Å². The van der Waals surface area contributed by atoms with Crippen LogP contribution in [0.25, 0.3) is 0 Å². The van der Waals surface area contributed by atoms with Gasteiger partial charge < -0.3 is 14.5 Å². The summed E-state index contributed by atoms with van der Waals surface area (Å²) in [5, 5.41) is 0.541. The number of carbonyl (C=O) groups is 2. The molecule has 1 aromatic carbocycles. The van der Waals surface area contributed by atoms with Crippen molar-refractivity contribution in [3.63, 3.8) is 0 Å². The third-order valence-corrected chi connectivity index (χ3v) is 4.27. The molecular formula is C17H23ClN2O3. The molecule has 0 aliphatic carbocycles. The van der Waals surface area contributed by atoms with Crippen molar-refractivity contribution in [2.45, 2.75) is 33.2 Å². The van der Waals surface area contributed by atoms with Crippen LogP contribution in [0, 0.1) is 6.92 Å². The predicted molar refractivity (Wildman–Crippen MR) is 89.7 cm³/mol. The molecule has 1 saturated heterocycles. The van der Waals surface area contributed by atoms with Gasteiger partial charge in [-0.1, -0.05) is 24.6 Å². The van der Waals surface area contributed by atoms with Crippen LogP contribution in [0.2, 0.25) is 5.02 Å². The summed E-state index contributed by atoms with van der Waals surface area (Å²) in [7, 11) is 0. The van der Waals surface area contributed by atoms with E-state index < -0.39 is 6.04 Å². The van der Waals surface area contributed by atoms with Crippen molar-refractivity contribution in [1.82, 2.24) is 9.80 Å². The Hall–Kier alpha value is -1.75. The lowest BCUT2D eigenvalue weighted by molar-refractivity contribution is -0.155. The third-order valence-electron chi connectivity index (χ3n) is 3.95. The minimum absolute atomic E-state index is 0.0000352. The highest BCUT2D eigenvalue weighted by Gasteiger charge is 2.35. The zero-order valence-corrected chi connectivity index (χ0v) is 14.6. The number of amides is 2. The number of piperazine rings is 1. The van der Waals surface area contributed by atoms with Gasteiger partial charge in [0.05, 0.1) is 18.1 Å². The predicted octanol–water partition coefficient (Wildman–Crippen LogP) is 2.50. The summed E-state index contributed by atoms with van der Waals surface area (Å²) >= 11 is 6.09. The van der Waals surface area contributed by atoms with E-state index in [9.17, 15) is 9.59 Å². The summed E-state index contributed by atoms with van der Waals surface area (Å²) < 4.78 is 5.68. The van der Waals surface area contributed by atoms with Crippen molar-refractivity contribution >= 4 is 23.4 Å². The molecule has 1 aliphatic rings. The maximum absolute atomic E-state index is 12.3. The molecule has 0 radical (unpaired) electrons. The lowest BCUT2D eigenvalue weighted by atomic mass is 10.1. The van der Waals surface area contributed by atoms with Gasteiger partial charge >= 0.3 is 0 Å². The molecule has 1 aromatic rings. The van der Waals surface area contributed by atoms with Crippen molar-refractivity contribution in [1.29, 1.82) is 0 Å². The smallest absolute Gasteiger partial charge is 0.245 e. The average molecular weight is 339 g/mol. The fourth-order valence-corrected chi connectivity index (χ4v) is 2.87. The SMILES string of the molecule is CCCN1CC(=O)N(CCOc2cc(C)ccc2Cl)[C@H](C)C1=O. The number of rotatable bonds is 6. The Morgan fingerprint density at radius 2 is 2.04 bits per heavy atom. The summed E-state index contributed by atoms with van der Waals surface area (Å²) in [5.41, 5.74) is 1.05. The van der Waals surface area contributed by atoms with Crippen LogP contribution >= 0.6 is 11.6 Å². The summed E-state index contributed by atoms with van der Waals surface area (Å²) in [6, 6.07) is 5.11. The first-order chi connectivity index (χ1) is 10.9. The topological polar surface area (TPSA) is 49.9 Å². The van der Waals surface area contributed by atoms with Crippen molar-refractivity contribution in [3.05, 3.63) is 28.8 Å². The molecule has 23 heavy (non-hydrogen) atoms. The molecule has 2 amide bonds. The Bertz CT molecular complexity index is 591. The highest BCUT2D eigenvalue weighted by molar-refractivity contribution is 6.32. The molecule has 126 valence electrons. The monoisotopic (exact) mass is 338 g/mol. The van der Waals surface area contributed by atoms with Gasteiger partial charge in [0.2, 0.25) is 11.8 Å². The van der Waals surface area contributed by atoms with E-state index in [1.807, 2.05) is 26.0 Å². The first-order valence-electron chi connectivity index (χ1n) is 7.91. The zero-order valence-electron chi connectivity index (χ0n) is 13.8. The Balaban J connectivity index is 1.94. The molecule has 5 nitrogen and oxygen atoms in total. The van der Waals surface area contributed by atoms with Gasteiger partial charge in [0.15, 0.2) is 0 Å². The van der Waals surface area contributed by atoms with Gasteiger partial charge in [-0.3, -0.25) is 9.59 Å². The van der Waals surface area contributed by atoms with E-state index in [0.717, 1.165) is 12.0 Å². The van der Waals surface area contributed by atoms with Crippen LogP contribution in [0.4, 0.5) is 0 Å². The molecule has 1 fully saturated rings. The number of halogens is 1. The normalized spacial score (nSPS) is 18.5. The van der Waals surface area contributed by atoms with Crippen molar-refractivity contribution in [2.75, 3.05) is 26.2 Å². The van der Waals surface area contributed by atoms with Crippen LogP contribution in [-0.2, 0) is 9.59 Å². The van der Waals surface area contributed by atoms with E-state index in [1.54, 1.807) is 22.8 Å². The van der Waals surface area contributed by atoms with Crippen LogP contribution in [-0.4, -0.2) is 53.9 Å². The van der Waals surface area contributed by atoms with E-state index in [0.29, 0.717) is 30.5 Å². The largest absolute Gasteiger partial charge is 0.490 e. The fourth-order valence-electron chi connectivity index (χ4n) is 2.70. The van der Waals surface area contributed by atoms with Gasteiger partial charge in [-0.2, -0.15) is 0 Å². The van der Waals surface area contributed by atoms with E-state index in [1.165, 1.54) is 0 Å². The number of benzene rings is 1. The summed E-state index contributed by atoms with van der Waals surface area (Å²) in [5.74, 6) is 0.562. The summed E-state index contributed by atoms with van der Waals surface area (Å²) in [4.78, 5) is 27.7. The third kappa shape index (κ3) is 4.16. The Labute approximate surface area is 142 Å². The van der Waals surface area contributed by atoms with Gasteiger partial charge in [-0.25, -0.2) is 0 Å². The molecule has 0 unspecified atom stereocenters. The second-order valence-corrected chi connectivity index (χ2v) is 6.21. The van der Waals surface area contributed by atoms with E-state index >= 15 is 0 Å². The number of ether oxygens (including phenoxy) is 1. The Morgan fingerprint density at radius 3 is 2.74 bits per heavy atom. The van der Waals surface area contributed by atoms with E-state index in [4.69, 9.17) is 16.3 Å². The lowest BCUT2D eigenvalue weighted by Crippen LogP contribution is -2.59. The molecule has 0 saturated carbocycles. The quantitative estimate of drug-likeness (QED) is 0.800.